The normalized spacial score (nSPS) is 16.1. The van der Waals surface area contributed by atoms with E-state index in [2.05, 4.69) is 96.7 Å². The Morgan fingerprint density at radius 1 is 0.852 bits per heavy atom. The third kappa shape index (κ3) is 6.38. The Kier molecular flexibility index (Phi) is 6.93. The van der Waals surface area contributed by atoms with Crippen molar-refractivity contribution in [3.63, 3.8) is 0 Å². The van der Waals surface area contributed by atoms with Gasteiger partial charge in [0.05, 0.1) is 6.04 Å². The Morgan fingerprint density at radius 3 is 1.78 bits per heavy atom. The minimum Gasteiger partial charge on any atom is -0.281 e. The van der Waals surface area contributed by atoms with Gasteiger partial charge < -0.3 is 0 Å². The van der Waals surface area contributed by atoms with Gasteiger partial charge in [-0.2, -0.15) is 0 Å². The second-order valence-electron chi connectivity index (χ2n) is 8.88. The molecule has 3 rings (SSSR count). The van der Waals surface area contributed by atoms with Crippen molar-refractivity contribution in [2.45, 2.75) is 64.5 Å². The van der Waals surface area contributed by atoms with Crippen LogP contribution in [0.1, 0.15) is 36.8 Å². The summed E-state index contributed by atoms with van der Waals surface area (Å²) in [5, 5.41) is 0. The number of nitrogens with zero attached hydrogens (tertiary/aromatic N) is 1. The number of benzene rings is 2. The molecule has 0 unspecified atom stereocenters. The fourth-order valence-electron chi connectivity index (χ4n) is 3.96. The summed E-state index contributed by atoms with van der Waals surface area (Å²) in [4.78, 5) is 2.63. The second-order valence-corrected chi connectivity index (χ2v) is 13.6. The molecular formula is C25H33NSi. The van der Waals surface area contributed by atoms with Crippen LogP contribution in [0.4, 0.5) is 0 Å². The van der Waals surface area contributed by atoms with Gasteiger partial charge in [-0.25, -0.2) is 0 Å². The molecule has 0 N–H and O–H groups in total. The van der Waals surface area contributed by atoms with E-state index in [9.17, 15) is 0 Å². The number of rotatable bonds is 6. The lowest BCUT2D eigenvalue weighted by atomic mass is 9.96. The van der Waals surface area contributed by atoms with E-state index >= 15 is 0 Å². The van der Waals surface area contributed by atoms with Gasteiger partial charge in [-0.1, -0.05) is 99.1 Å². The van der Waals surface area contributed by atoms with Crippen molar-refractivity contribution in [1.29, 1.82) is 0 Å². The van der Waals surface area contributed by atoms with Crippen LogP contribution in [0.15, 0.2) is 60.7 Å². The van der Waals surface area contributed by atoms with Crippen molar-refractivity contribution in [2.75, 3.05) is 0 Å². The van der Waals surface area contributed by atoms with Gasteiger partial charge >= 0.3 is 0 Å². The Bertz CT molecular complexity index is 704. The number of hydrogen-bond donors (Lipinski definition) is 0. The molecule has 0 bridgehead atoms. The van der Waals surface area contributed by atoms with E-state index in [0.29, 0.717) is 12.0 Å². The van der Waals surface area contributed by atoms with Crippen LogP contribution >= 0.6 is 0 Å². The molecule has 0 aliphatic heterocycles. The zero-order chi connectivity index (χ0) is 19.1. The average molecular weight is 376 g/mol. The van der Waals surface area contributed by atoms with Crippen LogP contribution < -0.4 is 0 Å². The first-order valence-corrected chi connectivity index (χ1v) is 13.9. The predicted molar refractivity (Wildman–Crippen MR) is 119 cm³/mol. The zero-order valence-corrected chi connectivity index (χ0v) is 18.1. The molecule has 0 amide bonds. The Hall–Kier alpha value is -1.82. The fourth-order valence-corrected chi connectivity index (χ4v) is 4.54. The van der Waals surface area contributed by atoms with Gasteiger partial charge in [0.15, 0.2) is 0 Å². The number of hydrogen-bond acceptors (Lipinski definition) is 1. The maximum absolute atomic E-state index is 3.78. The summed E-state index contributed by atoms with van der Waals surface area (Å²) in [6, 6.07) is 22.1. The van der Waals surface area contributed by atoms with Gasteiger partial charge in [0.25, 0.3) is 0 Å². The summed E-state index contributed by atoms with van der Waals surface area (Å²) in [5.41, 5.74) is 6.46. The van der Waals surface area contributed by atoms with Crippen LogP contribution in [-0.4, -0.2) is 19.0 Å². The molecule has 0 heterocycles. The van der Waals surface area contributed by atoms with E-state index in [-0.39, 0.29) is 0 Å². The Morgan fingerprint density at radius 2 is 1.33 bits per heavy atom. The maximum atomic E-state index is 3.78. The van der Waals surface area contributed by atoms with E-state index in [1.54, 1.807) is 0 Å². The summed E-state index contributed by atoms with van der Waals surface area (Å²) >= 11 is 0. The minimum atomic E-state index is -1.39. The molecule has 0 radical (unpaired) electrons. The maximum Gasteiger partial charge on any atom is 0.129 e. The van der Waals surface area contributed by atoms with E-state index in [1.807, 2.05) is 0 Å². The molecule has 1 atom stereocenters. The third-order valence-electron chi connectivity index (χ3n) is 5.29. The van der Waals surface area contributed by atoms with Crippen LogP contribution in [0.25, 0.3) is 0 Å². The molecule has 0 aromatic heterocycles. The highest BCUT2D eigenvalue weighted by Gasteiger charge is 2.29. The molecule has 1 aliphatic carbocycles. The van der Waals surface area contributed by atoms with Crippen molar-refractivity contribution in [3.8, 4) is 11.5 Å². The van der Waals surface area contributed by atoms with Gasteiger partial charge in [0.1, 0.15) is 8.07 Å². The van der Waals surface area contributed by atoms with Crippen LogP contribution in [-0.2, 0) is 13.1 Å². The lowest BCUT2D eigenvalue weighted by molar-refractivity contribution is 0.167. The highest BCUT2D eigenvalue weighted by Crippen LogP contribution is 2.31. The lowest BCUT2D eigenvalue weighted by Gasteiger charge is -2.33. The average Bonchev–Trinajstić information content (AvgIpc) is 3.17. The molecule has 1 fully saturated rings. The summed E-state index contributed by atoms with van der Waals surface area (Å²) in [6.45, 7) is 8.99. The predicted octanol–water partition coefficient (Wildman–Crippen LogP) is 6.13. The molecule has 27 heavy (non-hydrogen) atoms. The fraction of sp³-hybridized carbons (Fsp3) is 0.440. The van der Waals surface area contributed by atoms with Gasteiger partial charge in [-0.15, -0.1) is 5.54 Å². The van der Waals surface area contributed by atoms with E-state index < -0.39 is 8.07 Å². The topological polar surface area (TPSA) is 3.24 Å². The molecule has 2 aromatic rings. The van der Waals surface area contributed by atoms with Crippen LogP contribution in [0, 0.1) is 17.4 Å². The Balaban J connectivity index is 1.91. The molecule has 0 spiro atoms. The molecule has 2 heteroatoms. The highest BCUT2D eigenvalue weighted by molar-refractivity contribution is 6.83. The van der Waals surface area contributed by atoms with Crippen LogP contribution in [0.3, 0.4) is 0 Å². The summed E-state index contributed by atoms with van der Waals surface area (Å²) in [5.74, 6) is 4.49. The van der Waals surface area contributed by atoms with Crippen molar-refractivity contribution in [3.05, 3.63) is 71.8 Å². The minimum absolute atomic E-state index is 0.361. The lowest BCUT2D eigenvalue weighted by Crippen LogP contribution is -2.38. The monoisotopic (exact) mass is 375 g/mol. The first-order valence-electron chi connectivity index (χ1n) is 10.4. The largest absolute Gasteiger partial charge is 0.281 e. The zero-order valence-electron chi connectivity index (χ0n) is 17.1. The highest BCUT2D eigenvalue weighted by atomic mass is 28.3. The summed E-state index contributed by atoms with van der Waals surface area (Å²) < 4.78 is 0. The molecule has 1 saturated carbocycles. The van der Waals surface area contributed by atoms with Crippen LogP contribution in [0.2, 0.25) is 19.6 Å². The van der Waals surface area contributed by atoms with E-state index in [1.165, 1.54) is 36.8 Å². The second kappa shape index (κ2) is 9.40. The van der Waals surface area contributed by atoms with E-state index in [0.717, 1.165) is 13.1 Å². The molecule has 142 valence electrons. The molecule has 1 nitrogen and oxygen atoms in total. The van der Waals surface area contributed by atoms with Gasteiger partial charge in [0, 0.05) is 13.1 Å². The summed E-state index contributed by atoms with van der Waals surface area (Å²) in [7, 11) is -1.39. The SMILES string of the molecule is C[Si](C)(C)C#C[C@H](C1CCCC1)N(Cc1ccccc1)Cc1ccccc1. The standard InChI is InChI=1S/C25H33NSi/c1-27(2,3)19-18-25(24-16-10-11-17-24)26(20-22-12-6-4-7-13-22)21-23-14-8-5-9-15-23/h4-9,12-15,24-25H,10-11,16-17,20-21H2,1-3H3/t25-/m1/s1. The first-order chi connectivity index (χ1) is 13.0. The van der Waals surface area contributed by atoms with Crippen molar-refractivity contribution < 1.29 is 0 Å². The van der Waals surface area contributed by atoms with Crippen molar-refractivity contribution >= 4 is 8.07 Å². The molecule has 1 aliphatic rings. The smallest absolute Gasteiger partial charge is 0.129 e. The van der Waals surface area contributed by atoms with Crippen molar-refractivity contribution in [2.24, 2.45) is 5.92 Å². The van der Waals surface area contributed by atoms with Crippen LogP contribution in [0.5, 0.6) is 0 Å². The van der Waals surface area contributed by atoms with Gasteiger partial charge in [-0.05, 0) is 29.9 Å². The first kappa shape index (κ1) is 19.9. The Labute approximate surface area is 166 Å². The van der Waals surface area contributed by atoms with E-state index in [4.69, 9.17) is 0 Å². The van der Waals surface area contributed by atoms with Gasteiger partial charge in [0.2, 0.25) is 0 Å². The molecule has 0 saturated heterocycles. The summed E-state index contributed by atoms with van der Waals surface area (Å²) in [6.07, 6.45) is 5.37. The third-order valence-corrected chi connectivity index (χ3v) is 6.19. The molecule has 2 aromatic carbocycles. The van der Waals surface area contributed by atoms with Gasteiger partial charge in [-0.3, -0.25) is 4.90 Å². The van der Waals surface area contributed by atoms with Crippen molar-refractivity contribution in [1.82, 2.24) is 4.90 Å². The quantitative estimate of drug-likeness (QED) is 0.434. The molecular weight excluding hydrogens is 342 g/mol.